The van der Waals surface area contributed by atoms with Crippen LogP contribution in [0.3, 0.4) is 0 Å². The van der Waals surface area contributed by atoms with Gasteiger partial charge in [0, 0.05) is 4.57 Å². The Bertz CT molecular complexity index is 171. The van der Waals surface area contributed by atoms with Crippen molar-refractivity contribution < 1.29 is 13.6 Å². The van der Waals surface area contributed by atoms with Crippen molar-refractivity contribution in [1.29, 1.82) is 0 Å². The highest BCUT2D eigenvalue weighted by molar-refractivity contribution is 7.33. The molecule has 0 aromatic carbocycles. The molecule has 0 aliphatic carbocycles. The molecular formula is C10H24N2O3P+. The van der Waals surface area contributed by atoms with Crippen molar-refractivity contribution in [3.05, 3.63) is 0 Å². The van der Waals surface area contributed by atoms with E-state index in [0.29, 0.717) is 13.2 Å². The van der Waals surface area contributed by atoms with Crippen molar-refractivity contribution in [2.75, 3.05) is 54.5 Å². The van der Waals surface area contributed by atoms with Crippen molar-refractivity contribution in [1.82, 2.24) is 9.80 Å². The zero-order chi connectivity index (χ0) is 12.4. The average Bonchev–Trinajstić information content (AvgIpc) is 2.19. The van der Waals surface area contributed by atoms with Gasteiger partial charge in [0.2, 0.25) is 0 Å². The number of rotatable bonds is 10. The Morgan fingerprint density at radius 2 is 1.25 bits per heavy atom. The van der Waals surface area contributed by atoms with E-state index in [0.717, 1.165) is 25.9 Å². The molecule has 0 unspecified atom stereocenters. The van der Waals surface area contributed by atoms with Gasteiger partial charge in [-0.15, -0.1) is 9.05 Å². The number of hydrogen-bond donors (Lipinski definition) is 0. The maximum Gasteiger partial charge on any atom is 0.697 e. The van der Waals surface area contributed by atoms with Gasteiger partial charge in [0.15, 0.2) is 0 Å². The molecule has 96 valence electrons. The van der Waals surface area contributed by atoms with E-state index < -0.39 is 8.25 Å². The van der Waals surface area contributed by atoms with Crippen LogP contribution < -0.4 is 0 Å². The summed E-state index contributed by atoms with van der Waals surface area (Å²) in [6.45, 7) is 2.84. The second kappa shape index (κ2) is 10.1. The van der Waals surface area contributed by atoms with Crippen molar-refractivity contribution in [3.8, 4) is 0 Å². The molecule has 0 spiro atoms. The van der Waals surface area contributed by atoms with E-state index in [2.05, 4.69) is 9.80 Å². The normalized spacial score (nSPS) is 11.4. The topological polar surface area (TPSA) is 42.0 Å². The largest absolute Gasteiger partial charge is 0.697 e. The lowest BCUT2D eigenvalue weighted by Gasteiger charge is -2.06. The minimum absolute atomic E-state index is 0.487. The monoisotopic (exact) mass is 251 g/mol. The van der Waals surface area contributed by atoms with E-state index in [9.17, 15) is 4.57 Å². The molecule has 0 heterocycles. The second-order valence-corrected chi connectivity index (χ2v) is 5.17. The van der Waals surface area contributed by atoms with Crippen molar-refractivity contribution in [3.63, 3.8) is 0 Å². The Balaban J connectivity index is 3.25. The summed E-state index contributed by atoms with van der Waals surface area (Å²) in [5, 5.41) is 0. The fourth-order valence-corrected chi connectivity index (χ4v) is 1.71. The molecule has 6 heteroatoms. The first kappa shape index (κ1) is 15.9. The van der Waals surface area contributed by atoms with Crippen molar-refractivity contribution in [2.24, 2.45) is 0 Å². The van der Waals surface area contributed by atoms with Crippen LogP contribution in [0.2, 0.25) is 0 Å². The molecular weight excluding hydrogens is 227 g/mol. The Hall–Kier alpha value is -0.0600. The van der Waals surface area contributed by atoms with Gasteiger partial charge in [-0.3, -0.25) is 0 Å². The van der Waals surface area contributed by atoms with Crippen LogP contribution in [0, 0.1) is 0 Å². The second-order valence-electron chi connectivity index (χ2n) is 4.20. The summed E-state index contributed by atoms with van der Waals surface area (Å²) in [6.07, 6.45) is 1.74. The summed E-state index contributed by atoms with van der Waals surface area (Å²) in [6, 6.07) is 0. The van der Waals surface area contributed by atoms with Crippen LogP contribution in [-0.2, 0) is 13.6 Å². The number of hydrogen-bond acceptors (Lipinski definition) is 5. The SMILES string of the molecule is CN(C)CCCO[P+](=O)OCCCN(C)C. The van der Waals surface area contributed by atoms with Gasteiger partial charge in [-0.1, -0.05) is 0 Å². The zero-order valence-corrected chi connectivity index (χ0v) is 11.7. The van der Waals surface area contributed by atoms with Crippen molar-refractivity contribution >= 4 is 8.25 Å². The van der Waals surface area contributed by atoms with Crippen molar-refractivity contribution in [2.45, 2.75) is 12.8 Å². The zero-order valence-electron chi connectivity index (χ0n) is 10.8. The molecule has 5 nitrogen and oxygen atoms in total. The first-order valence-corrected chi connectivity index (χ1v) is 6.64. The highest BCUT2D eigenvalue weighted by atomic mass is 31.1. The summed E-state index contributed by atoms with van der Waals surface area (Å²) in [5.41, 5.74) is 0. The Labute approximate surface area is 99.6 Å². The Morgan fingerprint density at radius 1 is 0.875 bits per heavy atom. The highest BCUT2D eigenvalue weighted by Crippen LogP contribution is 2.23. The molecule has 0 saturated carbocycles. The highest BCUT2D eigenvalue weighted by Gasteiger charge is 2.19. The standard InChI is InChI=1S/C10H24N2O3P/c1-11(2)7-5-9-14-16(13)15-10-6-8-12(3)4/h5-10H2,1-4H3/q+1. The number of nitrogens with zero attached hydrogens (tertiary/aromatic N) is 2. The molecule has 0 aromatic rings. The van der Waals surface area contributed by atoms with Crippen LogP contribution in [-0.4, -0.2) is 64.3 Å². The smallest absolute Gasteiger partial charge is 0.309 e. The van der Waals surface area contributed by atoms with E-state index in [1.807, 2.05) is 28.2 Å². The predicted octanol–water partition coefficient (Wildman–Crippen LogP) is 1.58. The van der Waals surface area contributed by atoms with Crippen LogP contribution >= 0.6 is 8.25 Å². The minimum Gasteiger partial charge on any atom is -0.309 e. The van der Waals surface area contributed by atoms with Gasteiger partial charge < -0.3 is 9.80 Å². The molecule has 0 aromatic heterocycles. The van der Waals surface area contributed by atoms with E-state index in [-0.39, 0.29) is 0 Å². The molecule has 0 atom stereocenters. The van der Waals surface area contributed by atoms with Gasteiger partial charge >= 0.3 is 8.25 Å². The molecule has 0 aliphatic rings. The van der Waals surface area contributed by atoms with E-state index in [4.69, 9.17) is 9.05 Å². The lowest BCUT2D eigenvalue weighted by Crippen LogP contribution is -2.14. The molecule has 0 saturated heterocycles. The Morgan fingerprint density at radius 3 is 1.56 bits per heavy atom. The molecule has 0 amide bonds. The molecule has 16 heavy (non-hydrogen) atoms. The van der Waals surface area contributed by atoms with Crippen LogP contribution in [0.15, 0.2) is 0 Å². The van der Waals surface area contributed by atoms with Gasteiger partial charge in [-0.25, -0.2) is 0 Å². The first-order valence-electron chi connectivity index (χ1n) is 5.55. The summed E-state index contributed by atoms with van der Waals surface area (Å²) < 4.78 is 21.3. The quantitative estimate of drug-likeness (QED) is 0.435. The molecule has 0 rings (SSSR count). The third kappa shape index (κ3) is 12.0. The van der Waals surface area contributed by atoms with Gasteiger partial charge in [-0.05, 0) is 54.1 Å². The van der Waals surface area contributed by atoms with Crippen LogP contribution in [0.1, 0.15) is 12.8 Å². The summed E-state index contributed by atoms with van der Waals surface area (Å²) >= 11 is 0. The molecule has 0 bridgehead atoms. The van der Waals surface area contributed by atoms with Gasteiger partial charge in [0.05, 0.1) is 0 Å². The lowest BCUT2D eigenvalue weighted by atomic mass is 10.4. The molecule has 0 aliphatic heterocycles. The lowest BCUT2D eigenvalue weighted by molar-refractivity contribution is 0.209. The van der Waals surface area contributed by atoms with Gasteiger partial charge in [0.25, 0.3) is 0 Å². The summed E-state index contributed by atoms with van der Waals surface area (Å²) in [5.74, 6) is 0. The summed E-state index contributed by atoms with van der Waals surface area (Å²) in [4.78, 5) is 4.13. The first-order chi connectivity index (χ1) is 7.52. The van der Waals surface area contributed by atoms with E-state index in [1.165, 1.54) is 0 Å². The van der Waals surface area contributed by atoms with Crippen LogP contribution in [0.25, 0.3) is 0 Å². The van der Waals surface area contributed by atoms with E-state index in [1.54, 1.807) is 0 Å². The molecule has 0 fully saturated rings. The average molecular weight is 251 g/mol. The van der Waals surface area contributed by atoms with Crippen LogP contribution in [0.5, 0.6) is 0 Å². The molecule has 0 N–H and O–H groups in total. The Kier molecular flexibility index (Phi) is 10.1. The van der Waals surface area contributed by atoms with Gasteiger partial charge in [0.1, 0.15) is 13.2 Å². The maximum atomic E-state index is 11.2. The predicted molar refractivity (Wildman–Crippen MR) is 65.9 cm³/mol. The van der Waals surface area contributed by atoms with Crippen LogP contribution in [0.4, 0.5) is 0 Å². The fraction of sp³-hybridized carbons (Fsp3) is 1.00. The summed E-state index contributed by atoms with van der Waals surface area (Å²) in [7, 11) is 6.06. The fourth-order valence-electron chi connectivity index (χ4n) is 1.08. The third-order valence-corrected chi connectivity index (χ3v) is 2.68. The third-order valence-electron chi connectivity index (χ3n) is 1.89. The minimum atomic E-state index is -1.93. The maximum absolute atomic E-state index is 11.2. The van der Waals surface area contributed by atoms with Gasteiger partial charge in [-0.2, -0.15) is 0 Å². The van der Waals surface area contributed by atoms with E-state index >= 15 is 0 Å². The molecule has 0 radical (unpaired) electrons.